The summed E-state index contributed by atoms with van der Waals surface area (Å²) in [6.45, 7) is 1.90. The number of carbonyl (C=O) groups excluding carboxylic acids is 4. The summed E-state index contributed by atoms with van der Waals surface area (Å²) >= 11 is 0. The van der Waals surface area contributed by atoms with Crippen molar-refractivity contribution in [2.45, 2.75) is 13.8 Å². The third-order valence-electron chi connectivity index (χ3n) is 0.846. The Bertz CT molecular complexity index is 195. The van der Waals surface area contributed by atoms with Crippen molar-refractivity contribution in [3.63, 3.8) is 0 Å². The van der Waals surface area contributed by atoms with Gasteiger partial charge in [0.1, 0.15) is 0 Å². The molecule has 5 heteroatoms. The molecule has 0 aliphatic rings. The SMILES string of the molecule is CC(=O)C(=O)C(=O)C(C)=O.[Zn]. The van der Waals surface area contributed by atoms with Gasteiger partial charge in [-0.15, -0.1) is 0 Å². The monoisotopic (exact) mass is 206 g/mol. The minimum atomic E-state index is -1.24. The Labute approximate surface area is 76.1 Å². The molecule has 0 saturated carbocycles. The molecule has 0 aliphatic heterocycles. The van der Waals surface area contributed by atoms with E-state index in [-0.39, 0.29) is 19.5 Å². The summed E-state index contributed by atoms with van der Waals surface area (Å²) in [7, 11) is 0. The number of rotatable bonds is 3. The molecule has 0 heterocycles. The van der Waals surface area contributed by atoms with Crippen LogP contribution in [-0.2, 0) is 38.7 Å². The van der Waals surface area contributed by atoms with Gasteiger partial charge >= 0.3 is 0 Å². The summed E-state index contributed by atoms with van der Waals surface area (Å²) in [5.74, 6) is -4.29. The van der Waals surface area contributed by atoms with Crippen molar-refractivity contribution in [2.75, 3.05) is 0 Å². The van der Waals surface area contributed by atoms with E-state index in [1.807, 2.05) is 0 Å². The van der Waals surface area contributed by atoms with E-state index in [9.17, 15) is 19.2 Å². The first-order chi connectivity index (χ1) is 4.46. The number of hydrogen-bond acceptors (Lipinski definition) is 4. The predicted molar refractivity (Wildman–Crippen MR) is 31.4 cm³/mol. The maximum atomic E-state index is 10.4. The van der Waals surface area contributed by atoms with Crippen LogP contribution < -0.4 is 0 Å². The first-order valence-electron chi connectivity index (χ1n) is 2.57. The maximum Gasteiger partial charge on any atom is 0.271 e. The molecule has 0 fully saturated rings. The Balaban J connectivity index is 0. The van der Waals surface area contributed by atoms with E-state index >= 15 is 0 Å². The van der Waals surface area contributed by atoms with Gasteiger partial charge in [-0.25, -0.2) is 0 Å². The van der Waals surface area contributed by atoms with Crippen LogP contribution in [0.25, 0.3) is 0 Å². The second kappa shape index (κ2) is 5.02. The van der Waals surface area contributed by atoms with Gasteiger partial charge in [0.15, 0.2) is 0 Å². The fourth-order valence-electron chi connectivity index (χ4n) is 0.320. The molecule has 0 amide bonds. The van der Waals surface area contributed by atoms with Gasteiger partial charge in [-0.2, -0.15) is 0 Å². The van der Waals surface area contributed by atoms with Crippen molar-refractivity contribution in [3.8, 4) is 0 Å². The fourth-order valence-corrected chi connectivity index (χ4v) is 0.320. The Morgan fingerprint density at radius 1 is 0.727 bits per heavy atom. The molecule has 0 aromatic rings. The molecule has 0 spiro atoms. The van der Waals surface area contributed by atoms with E-state index in [2.05, 4.69) is 0 Å². The van der Waals surface area contributed by atoms with E-state index in [0.29, 0.717) is 0 Å². The molecule has 0 aromatic carbocycles. The van der Waals surface area contributed by atoms with Gasteiger partial charge in [-0.3, -0.25) is 19.2 Å². The van der Waals surface area contributed by atoms with Crippen LogP contribution in [0.5, 0.6) is 0 Å². The summed E-state index contributed by atoms with van der Waals surface area (Å²) in [4.78, 5) is 41.1. The van der Waals surface area contributed by atoms with E-state index in [0.717, 1.165) is 13.8 Å². The van der Waals surface area contributed by atoms with Gasteiger partial charge in [0.25, 0.3) is 11.6 Å². The maximum absolute atomic E-state index is 10.4. The normalized spacial score (nSPS) is 7.82. The van der Waals surface area contributed by atoms with E-state index in [4.69, 9.17) is 0 Å². The molecule has 0 atom stereocenters. The van der Waals surface area contributed by atoms with Crippen molar-refractivity contribution in [3.05, 3.63) is 0 Å². The smallest absolute Gasteiger partial charge is 0.271 e. The van der Waals surface area contributed by atoms with Crippen LogP contribution in [0.3, 0.4) is 0 Å². The van der Waals surface area contributed by atoms with Crippen LogP contribution in [0.4, 0.5) is 0 Å². The van der Waals surface area contributed by atoms with Gasteiger partial charge in [0.2, 0.25) is 11.6 Å². The molecule has 0 aromatic heterocycles. The van der Waals surface area contributed by atoms with Crippen molar-refractivity contribution >= 4 is 23.1 Å². The van der Waals surface area contributed by atoms with Crippen LogP contribution in [0.15, 0.2) is 0 Å². The van der Waals surface area contributed by atoms with Gasteiger partial charge in [-0.1, -0.05) is 0 Å². The van der Waals surface area contributed by atoms with Gasteiger partial charge in [0.05, 0.1) is 0 Å². The number of carbonyl (C=O) groups is 4. The average molecular weight is 208 g/mol. The minimum Gasteiger partial charge on any atom is -0.291 e. The second-order valence-electron chi connectivity index (χ2n) is 1.77. The molecule has 4 nitrogen and oxygen atoms in total. The van der Waals surface area contributed by atoms with Gasteiger partial charge in [-0.05, 0) is 0 Å². The zero-order valence-corrected chi connectivity index (χ0v) is 9.31. The predicted octanol–water partition coefficient (Wildman–Crippen LogP) is -0.700. The number of ketones is 4. The molecule has 0 saturated heterocycles. The van der Waals surface area contributed by atoms with Crippen LogP contribution >= 0.6 is 0 Å². The Morgan fingerprint density at radius 2 is 0.909 bits per heavy atom. The minimum absolute atomic E-state index is 0. The van der Waals surface area contributed by atoms with Crippen molar-refractivity contribution in [1.29, 1.82) is 0 Å². The summed E-state index contributed by atoms with van der Waals surface area (Å²) in [6, 6.07) is 0. The summed E-state index contributed by atoms with van der Waals surface area (Å²) in [5, 5.41) is 0. The van der Waals surface area contributed by atoms with Crippen molar-refractivity contribution in [1.82, 2.24) is 0 Å². The Kier molecular flexibility index (Phi) is 5.90. The number of hydrogen-bond donors (Lipinski definition) is 0. The van der Waals surface area contributed by atoms with Gasteiger partial charge < -0.3 is 0 Å². The zero-order valence-electron chi connectivity index (χ0n) is 6.34. The first-order valence-corrected chi connectivity index (χ1v) is 2.57. The molecule has 0 N–H and O–H groups in total. The summed E-state index contributed by atoms with van der Waals surface area (Å²) < 4.78 is 0. The zero-order chi connectivity index (χ0) is 8.31. The third-order valence-corrected chi connectivity index (χ3v) is 0.846. The fraction of sp³-hybridized carbons (Fsp3) is 0.333. The van der Waals surface area contributed by atoms with Crippen molar-refractivity contribution < 1.29 is 38.7 Å². The van der Waals surface area contributed by atoms with Gasteiger partial charge in [0, 0.05) is 33.3 Å². The van der Waals surface area contributed by atoms with Crippen molar-refractivity contribution in [2.24, 2.45) is 0 Å². The molecule has 0 rings (SSSR count). The van der Waals surface area contributed by atoms with E-state index in [1.54, 1.807) is 0 Å². The second-order valence-corrected chi connectivity index (χ2v) is 1.77. The summed E-state index contributed by atoms with van der Waals surface area (Å²) in [5.41, 5.74) is 0. The number of Topliss-reactive ketones (excluding diaryl/α,β-unsaturated/α-hetero) is 4. The molecule has 0 unspecified atom stereocenters. The van der Waals surface area contributed by atoms with Crippen LogP contribution in [0, 0.1) is 0 Å². The first kappa shape index (κ1) is 12.9. The Hall–Kier alpha value is -0.697. The standard InChI is InChI=1S/C6H6O4.Zn/c1-3(7)5(9)6(10)4(2)8;/h1-2H3;. The molecule has 11 heavy (non-hydrogen) atoms. The molecular weight excluding hydrogens is 201 g/mol. The van der Waals surface area contributed by atoms with Crippen LogP contribution in [-0.4, -0.2) is 23.1 Å². The third kappa shape index (κ3) is 3.88. The molecule has 56 valence electrons. The molecule has 0 aliphatic carbocycles. The quantitative estimate of drug-likeness (QED) is 0.349. The topological polar surface area (TPSA) is 68.3 Å². The van der Waals surface area contributed by atoms with Crippen LogP contribution in [0.2, 0.25) is 0 Å². The Morgan fingerprint density at radius 3 is 1.00 bits per heavy atom. The van der Waals surface area contributed by atoms with Crippen LogP contribution in [0.1, 0.15) is 13.8 Å². The molecule has 0 bridgehead atoms. The average Bonchev–Trinajstić information content (AvgIpc) is 1.84. The molecular formula is C6H6O4Zn. The van der Waals surface area contributed by atoms with E-state index in [1.165, 1.54) is 0 Å². The molecule has 0 radical (unpaired) electrons. The van der Waals surface area contributed by atoms with E-state index < -0.39 is 23.1 Å². The largest absolute Gasteiger partial charge is 0.291 e. The summed E-state index contributed by atoms with van der Waals surface area (Å²) in [6.07, 6.45) is 0.